The highest BCUT2D eigenvalue weighted by Crippen LogP contribution is 2.14. The summed E-state index contributed by atoms with van der Waals surface area (Å²) >= 11 is 0. The molecule has 0 saturated heterocycles. The highest BCUT2D eigenvalue weighted by molar-refractivity contribution is 5.78. The van der Waals surface area contributed by atoms with Gasteiger partial charge in [0.05, 0.1) is 13.2 Å². The summed E-state index contributed by atoms with van der Waals surface area (Å²) in [4.78, 5) is 15.8. The first-order valence-electron chi connectivity index (χ1n) is 7.51. The summed E-state index contributed by atoms with van der Waals surface area (Å²) in [6, 6.07) is 7.41. The summed E-state index contributed by atoms with van der Waals surface area (Å²) in [5.41, 5.74) is 6.39. The molecule has 2 N–H and O–H groups in total. The van der Waals surface area contributed by atoms with Crippen molar-refractivity contribution in [2.75, 3.05) is 45.6 Å². The van der Waals surface area contributed by atoms with E-state index in [4.69, 9.17) is 10.5 Å². The van der Waals surface area contributed by atoms with Gasteiger partial charge in [0.2, 0.25) is 5.91 Å². The molecule has 0 bridgehead atoms. The van der Waals surface area contributed by atoms with Crippen LogP contribution < -0.4 is 10.5 Å². The van der Waals surface area contributed by atoms with Gasteiger partial charge in [0.25, 0.3) is 0 Å². The smallest absolute Gasteiger partial charge is 0.236 e. The van der Waals surface area contributed by atoms with Gasteiger partial charge in [-0.1, -0.05) is 6.07 Å². The Morgan fingerprint density at radius 1 is 1.29 bits per heavy atom. The molecule has 0 radical (unpaired) electrons. The molecule has 5 nitrogen and oxygen atoms in total. The summed E-state index contributed by atoms with van der Waals surface area (Å²) in [7, 11) is 1.96. The van der Waals surface area contributed by atoms with Gasteiger partial charge in [-0.2, -0.15) is 0 Å². The van der Waals surface area contributed by atoms with Gasteiger partial charge >= 0.3 is 0 Å². The van der Waals surface area contributed by atoms with Gasteiger partial charge in [-0.3, -0.25) is 9.69 Å². The third-order valence-electron chi connectivity index (χ3n) is 3.33. The standard InChI is InChI=1S/C16H27N3O2/c1-4-19(5-2)16(20)13-18(3)10-7-11-21-15-9-6-8-14(17)12-15/h6,8-9,12H,4-5,7,10-11,13,17H2,1-3H3. The van der Waals surface area contributed by atoms with Crippen molar-refractivity contribution in [3.63, 3.8) is 0 Å². The van der Waals surface area contributed by atoms with Crippen LogP contribution in [0.5, 0.6) is 5.75 Å². The number of hydrogen-bond donors (Lipinski definition) is 1. The molecule has 1 aromatic carbocycles. The zero-order valence-electron chi connectivity index (χ0n) is 13.3. The molecule has 21 heavy (non-hydrogen) atoms. The first-order chi connectivity index (χ1) is 10.1. The first-order valence-corrected chi connectivity index (χ1v) is 7.51. The maximum atomic E-state index is 11.9. The maximum absolute atomic E-state index is 11.9. The van der Waals surface area contributed by atoms with Crippen molar-refractivity contribution in [3.05, 3.63) is 24.3 Å². The van der Waals surface area contributed by atoms with Crippen LogP contribution in [0, 0.1) is 0 Å². The van der Waals surface area contributed by atoms with E-state index < -0.39 is 0 Å². The van der Waals surface area contributed by atoms with Crippen molar-refractivity contribution >= 4 is 11.6 Å². The Morgan fingerprint density at radius 3 is 2.62 bits per heavy atom. The van der Waals surface area contributed by atoms with E-state index in [1.54, 1.807) is 0 Å². The molecule has 1 rings (SSSR count). The molecule has 0 unspecified atom stereocenters. The summed E-state index contributed by atoms with van der Waals surface area (Å²) < 4.78 is 5.63. The number of rotatable bonds is 9. The minimum Gasteiger partial charge on any atom is -0.493 e. The number of carbonyl (C=O) groups excluding carboxylic acids is 1. The van der Waals surface area contributed by atoms with Crippen molar-refractivity contribution < 1.29 is 9.53 Å². The monoisotopic (exact) mass is 293 g/mol. The largest absolute Gasteiger partial charge is 0.493 e. The van der Waals surface area contributed by atoms with E-state index in [2.05, 4.69) is 0 Å². The van der Waals surface area contributed by atoms with Gasteiger partial charge in [-0.05, 0) is 39.4 Å². The molecule has 0 aliphatic heterocycles. The highest BCUT2D eigenvalue weighted by Gasteiger charge is 2.11. The Kier molecular flexibility index (Phi) is 7.61. The number of nitrogens with zero attached hydrogens (tertiary/aromatic N) is 2. The topological polar surface area (TPSA) is 58.8 Å². The van der Waals surface area contributed by atoms with Gasteiger partial charge in [-0.15, -0.1) is 0 Å². The minimum absolute atomic E-state index is 0.180. The lowest BCUT2D eigenvalue weighted by molar-refractivity contribution is -0.131. The number of amides is 1. The molecule has 0 saturated carbocycles. The molecule has 118 valence electrons. The van der Waals surface area contributed by atoms with Gasteiger partial charge in [0.1, 0.15) is 5.75 Å². The second-order valence-electron chi connectivity index (χ2n) is 5.08. The number of carbonyl (C=O) groups is 1. The number of nitrogens with two attached hydrogens (primary N) is 1. The predicted octanol–water partition coefficient (Wildman–Crippen LogP) is 1.84. The average Bonchev–Trinajstić information content (AvgIpc) is 2.45. The summed E-state index contributed by atoms with van der Waals surface area (Å²) in [5, 5.41) is 0. The fourth-order valence-electron chi connectivity index (χ4n) is 2.12. The lowest BCUT2D eigenvalue weighted by atomic mass is 10.3. The van der Waals surface area contributed by atoms with Crippen LogP contribution in [0.25, 0.3) is 0 Å². The maximum Gasteiger partial charge on any atom is 0.236 e. The van der Waals surface area contributed by atoms with Crippen molar-refractivity contribution in [2.24, 2.45) is 0 Å². The molecule has 0 aliphatic rings. The summed E-state index contributed by atoms with van der Waals surface area (Å²) in [6.45, 7) is 7.44. The summed E-state index contributed by atoms with van der Waals surface area (Å²) in [5.74, 6) is 0.969. The Morgan fingerprint density at radius 2 is 2.00 bits per heavy atom. The van der Waals surface area contributed by atoms with Gasteiger partial charge in [0.15, 0.2) is 0 Å². The SMILES string of the molecule is CCN(CC)C(=O)CN(C)CCCOc1cccc(N)c1. The van der Waals surface area contributed by atoms with Gasteiger partial charge in [-0.25, -0.2) is 0 Å². The number of nitrogen functional groups attached to an aromatic ring is 1. The second kappa shape index (κ2) is 9.23. The average molecular weight is 293 g/mol. The number of benzene rings is 1. The Bertz CT molecular complexity index is 433. The van der Waals surface area contributed by atoms with E-state index in [9.17, 15) is 4.79 Å². The third-order valence-corrected chi connectivity index (χ3v) is 3.33. The van der Waals surface area contributed by atoms with Crippen LogP contribution in [0.1, 0.15) is 20.3 Å². The number of anilines is 1. The predicted molar refractivity (Wildman–Crippen MR) is 86.4 cm³/mol. The van der Waals surface area contributed by atoms with E-state index in [1.807, 2.05) is 55.0 Å². The first kappa shape index (κ1) is 17.3. The van der Waals surface area contributed by atoms with Gasteiger partial charge < -0.3 is 15.4 Å². The fourth-order valence-corrected chi connectivity index (χ4v) is 2.12. The lowest BCUT2D eigenvalue weighted by Gasteiger charge is -2.23. The lowest BCUT2D eigenvalue weighted by Crippen LogP contribution is -2.39. The third kappa shape index (κ3) is 6.49. The van der Waals surface area contributed by atoms with Crippen LogP contribution in [0.2, 0.25) is 0 Å². The molecular formula is C16H27N3O2. The molecule has 1 aromatic rings. The number of ether oxygens (including phenoxy) is 1. The molecule has 0 fully saturated rings. The molecular weight excluding hydrogens is 266 g/mol. The van der Waals surface area contributed by atoms with Crippen LogP contribution in [-0.4, -0.2) is 55.5 Å². The van der Waals surface area contributed by atoms with E-state index in [0.717, 1.165) is 31.8 Å². The molecule has 5 heteroatoms. The van der Waals surface area contributed by atoms with Crippen molar-refractivity contribution in [2.45, 2.75) is 20.3 Å². The normalized spacial score (nSPS) is 10.7. The van der Waals surface area contributed by atoms with Crippen LogP contribution in [0.15, 0.2) is 24.3 Å². The second-order valence-corrected chi connectivity index (χ2v) is 5.08. The Hall–Kier alpha value is -1.75. The van der Waals surface area contributed by atoms with E-state index in [1.165, 1.54) is 0 Å². The van der Waals surface area contributed by atoms with Gasteiger partial charge in [0, 0.05) is 31.4 Å². The molecule has 0 aromatic heterocycles. The quantitative estimate of drug-likeness (QED) is 0.557. The molecule has 0 spiro atoms. The number of likely N-dealkylation sites (N-methyl/N-ethyl adjacent to an activating group) is 2. The fraction of sp³-hybridized carbons (Fsp3) is 0.562. The van der Waals surface area contributed by atoms with E-state index in [0.29, 0.717) is 18.8 Å². The van der Waals surface area contributed by atoms with E-state index in [-0.39, 0.29) is 5.91 Å². The Labute approximate surface area is 127 Å². The number of hydrogen-bond acceptors (Lipinski definition) is 4. The van der Waals surface area contributed by atoms with Crippen LogP contribution in [0.3, 0.4) is 0 Å². The van der Waals surface area contributed by atoms with Crippen LogP contribution >= 0.6 is 0 Å². The Balaban J connectivity index is 2.21. The zero-order valence-corrected chi connectivity index (χ0v) is 13.3. The van der Waals surface area contributed by atoms with Crippen LogP contribution in [0.4, 0.5) is 5.69 Å². The molecule has 0 heterocycles. The highest BCUT2D eigenvalue weighted by atomic mass is 16.5. The minimum atomic E-state index is 0.180. The van der Waals surface area contributed by atoms with Crippen molar-refractivity contribution in [1.82, 2.24) is 9.80 Å². The zero-order chi connectivity index (χ0) is 15.7. The molecule has 0 atom stereocenters. The van der Waals surface area contributed by atoms with E-state index >= 15 is 0 Å². The van der Waals surface area contributed by atoms with Crippen molar-refractivity contribution in [3.8, 4) is 5.75 Å². The molecule has 0 aliphatic carbocycles. The van der Waals surface area contributed by atoms with Crippen molar-refractivity contribution in [1.29, 1.82) is 0 Å². The summed E-state index contributed by atoms with van der Waals surface area (Å²) in [6.07, 6.45) is 0.872. The molecule has 1 amide bonds. The van der Waals surface area contributed by atoms with Crippen LogP contribution in [-0.2, 0) is 4.79 Å².